The van der Waals surface area contributed by atoms with Crippen LogP contribution in [0.15, 0.2) is 106 Å². The second-order valence-corrected chi connectivity index (χ2v) is 10.7. The molecule has 0 aliphatic carbocycles. The zero-order chi connectivity index (χ0) is 26.8. The first-order valence-corrected chi connectivity index (χ1v) is 13.7. The van der Waals surface area contributed by atoms with E-state index in [1.807, 2.05) is 60.8 Å². The first-order chi connectivity index (χ1) is 19.7. The van der Waals surface area contributed by atoms with Crippen molar-refractivity contribution in [3.8, 4) is 34.1 Å². The number of para-hydroxylation sites is 1. The van der Waals surface area contributed by atoms with Gasteiger partial charge < -0.3 is 9.15 Å². The second-order valence-electron chi connectivity index (χ2n) is 9.74. The Morgan fingerprint density at radius 3 is 2.40 bits per heavy atom. The lowest BCUT2D eigenvalue weighted by atomic mass is 9.87. The van der Waals surface area contributed by atoms with Crippen molar-refractivity contribution in [2.75, 3.05) is 0 Å². The summed E-state index contributed by atoms with van der Waals surface area (Å²) in [6.07, 6.45) is 1.61. The van der Waals surface area contributed by atoms with E-state index in [0.29, 0.717) is 39.8 Å². The SMILES string of the molecule is Cc1ccsc1C1c2c(c3ccccc3oc2=O)Oc2ncn3nc(-c4ccc(-c5ccccc5)cc4)nc3c21. The monoisotopic (exact) mass is 540 g/mol. The molecule has 1 unspecified atom stereocenters. The quantitative estimate of drug-likeness (QED) is 0.220. The first kappa shape index (κ1) is 22.9. The first-order valence-electron chi connectivity index (χ1n) is 12.8. The molecule has 0 fully saturated rings. The van der Waals surface area contributed by atoms with Gasteiger partial charge in [0, 0.05) is 10.4 Å². The van der Waals surface area contributed by atoms with Gasteiger partial charge in [0.15, 0.2) is 17.2 Å². The van der Waals surface area contributed by atoms with Crippen LogP contribution in [0, 0.1) is 6.92 Å². The van der Waals surface area contributed by atoms with Crippen LogP contribution < -0.4 is 10.4 Å². The molecule has 4 aromatic heterocycles. The Bertz CT molecular complexity index is 2130. The third kappa shape index (κ3) is 3.43. The summed E-state index contributed by atoms with van der Waals surface area (Å²) in [5.74, 6) is 0.985. The molecule has 0 amide bonds. The molecule has 0 N–H and O–H groups in total. The summed E-state index contributed by atoms with van der Waals surface area (Å²) in [5.41, 5.74) is 5.98. The predicted octanol–water partition coefficient (Wildman–Crippen LogP) is 7.22. The van der Waals surface area contributed by atoms with Gasteiger partial charge in [0.05, 0.1) is 22.4 Å². The zero-order valence-corrected chi connectivity index (χ0v) is 22.1. The molecule has 3 aromatic carbocycles. The molecule has 8 rings (SSSR count). The van der Waals surface area contributed by atoms with Crippen LogP contribution in [-0.4, -0.2) is 19.6 Å². The minimum Gasteiger partial charge on any atom is -0.437 e. The summed E-state index contributed by atoms with van der Waals surface area (Å²) in [5, 5.41) is 7.50. The summed E-state index contributed by atoms with van der Waals surface area (Å²) >= 11 is 1.59. The topological polar surface area (TPSA) is 82.5 Å². The van der Waals surface area contributed by atoms with Crippen molar-refractivity contribution in [2.24, 2.45) is 0 Å². The molecule has 8 heteroatoms. The lowest BCUT2D eigenvalue weighted by Gasteiger charge is -2.26. The summed E-state index contributed by atoms with van der Waals surface area (Å²) in [6.45, 7) is 2.04. The average Bonchev–Trinajstić information content (AvgIpc) is 3.63. The highest BCUT2D eigenvalue weighted by Gasteiger charge is 2.38. The van der Waals surface area contributed by atoms with Gasteiger partial charge in [-0.3, -0.25) is 0 Å². The van der Waals surface area contributed by atoms with Crippen LogP contribution in [0.25, 0.3) is 39.1 Å². The fourth-order valence-corrected chi connectivity index (χ4v) is 6.48. The van der Waals surface area contributed by atoms with E-state index in [-0.39, 0.29) is 0 Å². The van der Waals surface area contributed by atoms with Crippen LogP contribution >= 0.6 is 11.3 Å². The molecule has 1 atom stereocenters. The van der Waals surface area contributed by atoms with Gasteiger partial charge in [-0.1, -0.05) is 66.7 Å². The maximum atomic E-state index is 13.5. The van der Waals surface area contributed by atoms with Crippen LogP contribution in [0.2, 0.25) is 0 Å². The van der Waals surface area contributed by atoms with E-state index in [0.717, 1.165) is 32.5 Å². The molecule has 1 aliphatic heterocycles. The number of aromatic nitrogens is 4. The van der Waals surface area contributed by atoms with E-state index in [1.165, 1.54) is 0 Å². The third-order valence-corrected chi connectivity index (χ3v) is 8.46. The summed E-state index contributed by atoms with van der Waals surface area (Å²) < 4.78 is 13.8. The average molecular weight is 541 g/mol. The minimum absolute atomic E-state index is 0.409. The number of nitrogens with zero attached hydrogens (tertiary/aromatic N) is 4. The molecule has 7 nitrogen and oxygen atoms in total. The summed E-state index contributed by atoms with van der Waals surface area (Å²) in [7, 11) is 0. The van der Waals surface area contributed by atoms with Crippen molar-refractivity contribution in [2.45, 2.75) is 12.8 Å². The Morgan fingerprint density at radius 2 is 1.60 bits per heavy atom. The van der Waals surface area contributed by atoms with E-state index < -0.39 is 11.5 Å². The normalized spacial score (nSPS) is 14.2. The predicted molar refractivity (Wildman–Crippen MR) is 154 cm³/mol. The van der Waals surface area contributed by atoms with Gasteiger partial charge in [0.25, 0.3) is 0 Å². The minimum atomic E-state index is -0.465. The molecule has 5 heterocycles. The number of hydrogen-bond acceptors (Lipinski definition) is 7. The van der Waals surface area contributed by atoms with Gasteiger partial charge >= 0.3 is 5.63 Å². The Labute approximate surface area is 232 Å². The third-order valence-electron chi connectivity index (χ3n) is 7.38. The highest BCUT2D eigenvalue weighted by atomic mass is 32.1. The molecule has 40 heavy (non-hydrogen) atoms. The fourth-order valence-electron chi connectivity index (χ4n) is 5.44. The Balaban J connectivity index is 1.33. The van der Waals surface area contributed by atoms with Crippen LogP contribution in [0.3, 0.4) is 0 Å². The van der Waals surface area contributed by atoms with Crippen molar-refractivity contribution in [1.29, 1.82) is 0 Å². The Kier molecular flexibility index (Phi) is 4.99. The van der Waals surface area contributed by atoms with E-state index in [2.05, 4.69) is 35.3 Å². The molecule has 1 aliphatic rings. The molecule has 0 bridgehead atoms. The molecule has 0 radical (unpaired) electrons. The van der Waals surface area contributed by atoms with E-state index >= 15 is 0 Å². The molecule has 0 saturated carbocycles. The number of ether oxygens (including phenoxy) is 1. The van der Waals surface area contributed by atoms with Crippen molar-refractivity contribution >= 4 is 28.0 Å². The van der Waals surface area contributed by atoms with Crippen LogP contribution in [0.4, 0.5) is 0 Å². The largest absolute Gasteiger partial charge is 0.437 e. The maximum Gasteiger partial charge on any atom is 0.344 e. The maximum absolute atomic E-state index is 13.5. The van der Waals surface area contributed by atoms with Crippen molar-refractivity contribution in [1.82, 2.24) is 19.6 Å². The summed E-state index contributed by atoms with van der Waals surface area (Å²) in [4.78, 5) is 24.1. The van der Waals surface area contributed by atoms with Gasteiger partial charge in [-0.2, -0.15) is 0 Å². The van der Waals surface area contributed by atoms with E-state index in [9.17, 15) is 4.79 Å². The Morgan fingerprint density at radius 1 is 0.850 bits per heavy atom. The van der Waals surface area contributed by atoms with E-state index in [4.69, 9.17) is 19.2 Å². The van der Waals surface area contributed by atoms with Gasteiger partial charge in [-0.25, -0.2) is 19.3 Å². The number of fused-ring (bicyclic) bond motifs is 6. The molecule has 0 saturated heterocycles. The lowest BCUT2D eigenvalue weighted by Crippen LogP contribution is -2.22. The molecule has 192 valence electrons. The number of hydrogen-bond donors (Lipinski definition) is 0. The number of benzene rings is 3. The van der Waals surface area contributed by atoms with Gasteiger partial charge in [-0.15, -0.1) is 16.4 Å². The fraction of sp³-hybridized carbons (Fsp3) is 0.0625. The lowest BCUT2D eigenvalue weighted by molar-refractivity contribution is 0.423. The van der Waals surface area contributed by atoms with Crippen LogP contribution in [-0.2, 0) is 0 Å². The van der Waals surface area contributed by atoms with Gasteiger partial charge in [-0.05, 0) is 47.2 Å². The zero-order valence-electron chi connectivity index (χ0n) is 21.2. The molecule has 7 aromatic rings. The molecular weight excluding hydrogens is 520 g/mol. The highest BCUT2D eigenvalue weighted by molar-refractivity contribution is 7.10. The molecule has 0 spiro atoms. The molecular formula is C32H20N4O3S. The van der Waals surface area contributed by atoms with Crippen LogP contribution in [0.5, 0.6) is 11.6 Å². The Hall–Kier alpha value is -5.08. The number of thiophene rings is 1. The van der Waals surface area contributed by atoms with Gasteiger partial charge in [0.1, 0.15) is 11.9 Å². The second kappa shape index (κ2) is 8.72. The van der Waals surface area contributed by atoms with Crippen molar-refractivity contribution in [3.63, 3.8) is 0 Å². The number of rotatable bonds is 3. The summed E-state index contributed by atoms with van der Waals surface area (Å²) in [6, 6.07) is 27.8. The highest BCUT2D eigenvalue weighted by Crippen LogP contribution is 2.50. The van der Waals surface area contributed by atoms with Crippen LogP contribution in [0.1, 0.15) is 27.5 Å². The number of aryl methyl sites for hydroxylation is 1. The standard InChI is InChI=1S/C32H20N4O3S/c1-18-15-16-40-28(18)24-25-27(22-9-5-6-10-23(22)38-32(25)37)39-31-26(24)30-34-29(35-36(30)17-33-31)21-13-11-20(12-14-21)19-7-3-2-4-8-19/h2-17,24H,1H3. The van der Waals surface area contributed by atoms with E-state index in [1.54, 1.807) is 28.2 Å². The smallest absolute Gasteiger partial charge is 0.344 e. The van der Waals surface area contributed by atoms with Crippen molar-refractivity contribution in [3.05, 3.63) is 129 Å². The van der Waals surface area contributed by atoms with Crippen molar-refractivity contribution < 1.29 is 9.15 Å². The van der Waals surface area contributed by atoms with Gasteiger partial charge in [0.2, 0.25) is 5.88 Å².